The molecule has 1 N–H and O–H groups in total. The second-order valence-corrected chi connectivity index (χ2v) is 5.20. The van der Waals surface area contributed by atoms with Crippen molar-refractivity contribution in [3.05, 3.63) is 23.9 Å². The van der Waals surface area contributed by atoms with Crippen LogP contribution in [0.5, 0.6) is 5.88 Å². The average Bonchev–Trinajstić information content (AvgIpc) is 3.26. The fourth-order valence-electron chi connectivity index (χ4n) is 2.84. The second-order valence-electron chi connectivity index (χ2n) is 5.20. The Balaban J connectivity index is 1.79. The molecule has 3 rings (SSSR count). The summed E-state index contributed by atoms with van der Waals surface area (Å²) in [6.07, 6.45) is 4.71. The van der Waals surface area contributed by atoms with Crippen molar-refractivity contribution in [1.82, 2.24) is 15.2 Å². The van der Waals surface area contributed by atoms with Crippen molar-refractivity contribution in [2.24, 2.45) is 5.92 Å². The van der Waals surface area contributed by atoms with E-state index in [1.165, 1.54) is 18.4 Å². The molecule has 1 atom stereocenters. The van der Waals surface area contributed by atoms with Crippen LogP contribution >= 0.6 is 0 Å². The van der Waals surface area contributed by atoms with Gasteiger partial charge >= 0.3 is 0 Å². The van der Waals surface area contributed by atoms with E-state index in [-0.39, 0.29) is 0 Å². The van der Waals surface area contributed by atoms with Crippen LogP contribution in [-0.4, -0.2) is 43.2 Å². The molecule has 2 aliphatic rings. The molecule has 0 aromatic carbocycles. The maximum absolute atomic E-state index is 5.14. The molecule has 0 radical (unpaired) electrons. The summed E-state index contributed by atoms with van der Waals surface area (Å²) in [6, 6.07) is 4.72. The first-order valence-corrected chi connectivity index (χ1v) is 6.83. The van der Waals surface area contributed by atoms with Crippen LogP contribution in [-0.2, 0) is 0 Å². The summed E-state index contributed by atoms with van der Waals surface area (Å²) in [5, 5.41) is 3.42. The van der Waals surface area contributed by atoms with Gasteiger partial charge in [-0.25, -0.2) is 4.98 Å². The Bertz CT molecular complexity index is 383. The van der Waals surface area contributed by atoms with Crippen molar-refractivity contribution in [2.75, 3.05) is 33.3 Å². The van der Waals surface area contributed by atoms with Crippen molar-refractivity contribution >= 4 is 0 Å². The van der Waals surface area contributed by atoms with E-state index in [9.17, 15) is 0 Å². The lowest BCUT2D eigenvalue weighted by molar-refractivity contribution is 0.156. The Labute approximate surface area is 108 Å². The third-order valence-corrected chi connectivity index (χ3v) is 3.92. The van der Waals surface area contributed by atoms with E-state index in [0.717, 1.165) is 32.1 Å². The Morgan fingerprint density at radius 2 is 2.11 bits per heavy atom. The van der Waals surface area contributed by atoms with E-state index in [0.29, 0.717) is 11.9 Å². The third-order valence-electron chi connectivity index (χ3n) is 3.92. The largest absolute Gasteiger partial charge is 0.481 e. The number of hydrogen-bond donors (Lipinski definition) is 1. The molecule has 2 heterocycles. The average molecular weight is 247 g/mol. The molecule has 1 aromatic rings. The monoisotopic (exact) mass is 247 g/mol. The fourth-order valence-corrected chi connectivity index (χ4v) is 2.84. The smallest absolute Gasteiger partial charge is 0.212 e. The van der Waals surface area contributed by atoms with Gasteiger partial charge in [0, 0.05) is 44.5 Å². The lowest BCUT2D eigenvalue weighted by Crippen LogP contribution is -2.45. The Morgan fingerprint density at radius 1 is 1.33 bits per heavy atom. The van der Waals surface area contributed by atoms with E-state index in [4.69, 9.17) is 4.74 Å². The first-order chi connectivity index (χ1) is 8.88. The van der Waals surface area contributed by atoms with E-state index in [2.05, 4.69) is 21.3 Å². The lowest BCUT2D eigenvalue weighted by atomic mass is 10.0. The van der Waals surface area contributed by atoms with Gasteiger partial charge in [-0.2, -0.15) is 0 Å². The van der Waals surface area contributed by atoms with Crippen LogP contribution < -0.4 is 10.1 Å². The molecule has 4 heteroatoms. The SMILES string of the molecule is COc1ccc([C@H](C2CC2)N2CCNCC2)cn1. The topological polar surface area (TPSA) is 37.4 Å². The Hall–Kier alpha value is -1.13. The molecule has 0 unspecified atom stereocenters. The quantitative estimate of drug-likeness (QED) is 0.874. The van der Waals surface area contributed by atoms with Crippen LogP contribution in [0.1, 0.15) is 24.4 Å². The number of nitrogens with one attached hydrogen (secondary N) is 1. The van der Waals surface area contributed by atoms with Crippen molar-refractivity contribution in [1.29, 1.82) is 0 Å². The minimum Gasteiger partial charge on any atom is -0.481 e. The molecular formula is C14H21N3O. The molecule has 0 spiro atoms. The minimum absolute atomic E-state index is 0.561. The van der Waals surface area contributed by atoms with Gasteiger partial charge in [-0.15, -0.1) is 0 Å². The number of ether oxygens (including phenoxy) is 1. The van der Waals surface area contributed by atoms with Gasteiger partial charge in [0.1, 0.15) is 0 Å². The van der Waals surface area contributed by atoms with Gasteiger partial charge in [0.25, 0.3) is 0 Å². The summed E-state index contributed by atoms with van der Waals surface area (Å²) in [4.78, 5) is 6.97. The summed E-state index contributed by atoms with van der Waals surface area (Å²) >= 11 is 0. The number of nitrogens with zero attached hydrogens (tertiary/aromatic N) is 2. The molecule has 18 heavy (non-hydrogen) atoms. The molecule has 0 bridgehead atoms. The van der Waals surface area contributed by atoms with Gasteiger partial charge in [-0.1, -0.05) is 6.07 Å². The molecule has 1 saturated carbocycles. The van der Waals surface area contributed by atoms with Crippen molar-refractivity contribution < 1.29 is 4.74 Å². The molecular weight excluding hydrogens is 226 g/mol. The standard InChI is InChI=1S/C14H21N3O/c1-18-13-5-4-12(10-16-13)14(11-2-3-11)17-8-6-15-7-9-17/h4-5,10-11,14-15H,2-3,6-9H2,1H3/t14-/m0/s1. The normalized spacial score (nSPS) is 22.7. The molecule has 1 aliphatic carbocycles. The van der Waals surface area contributed by atoms with E-state index in [1.54, 1.807) is 7.11 Å². The number of piperazine rings is 1. The van der Waals surface area contributed by atoms with E-state index < -0.39 is 0 Å². The lowest BCUT2D eigenvalue weighted by Gasteiger charge is -2.35. The highest BCUT2D eigenvalue weighted by molar-refractivity contribution is 5.23. The molecule has 1 saturated heterocycles. The zero-order valence-corrected chi connectivity index (χ0v) is 10.9. The van der Waals surface area contributed by atoms with Crippen LogP contribution in [0.15, 0.2) is 18.3 Å². The van der Waals surface area contributed by atoms with Crippen molar-refractivity contribution in [3.8, 4) is 5.88 Å². The van der Waals surface area contributed by atoms with Gasteiger partial charge in [0.15, 0.2) is 0 Å². The van der Waals surface area contributed by atoms with Gasteiger partial charge < -0.3 is 10.1 Å². The van der Waals surface area contributed by atoms with Gasteiger partial charge in [-0.05, 0) is 24.3 Å². The van der Waals surface area contributed by atoms with Gasteiger partial charge in [-0.3, -0.25) is 4.90 Å². The van der Waals surface area contributed by atoms with Crippen molar-refractivity contribution in [2.45, 2.75) is 18.9 Å². The summed E-state index contributed by atoms with van der Waals surface area (Å²) in [6.45, 7) is 4.50. The molecule has 1 aromatic heterocycles. The molecule has 98 valence electrons. The maximum Gasteiger partial charge on any atom is 0.212 e. The number of methoxy groups -OCH3 is 1. The molecule has 4 nitrogen and oxygen atoms in total. The van der Waals surface area contributed by atoms with Gasteiger partial charge in [0.2, 0.25) is 5.88 Å². The van der Waals surface area contributed by atoms with E-state index in [1.807, 2.05) is 12.3 Å². The van der Waals surface area contributed by atoms with Crippen LogP contribution in [0.25, 0.3) is 0 Å². The summed E-state index contributed by atoms with van der Waals surface area (Å²) in [7, 11) is 1.66. The van der Waals surface area contributed by atoms with Crippen LogP contribution in [0.4, 0.5) is 0 Å². The predicted molar refractivity (Wildman–Crippen MR) is 70.7 cm³/mol. The Kier molecular flexibility index (Phi) is 3.48. The summed E-state index contributed by atoms with van der Waals surface area (Å²) in [5.74, 6) is 1.53. The Morgan fingerprint density at radius 3 is 2.67 bits per heavy atom. The van der Waals surface area contributed by atoms with Crippen molar-refractivity contribution in [3.63, 3.8) is 0 Å². The van der Waals surface area contributed by atoms with Crippen LogP contribution in [0, 0.1) is 5.92 Å². The number of aromatic nitrogens is 1. The molecule has 2 fully saturated rings. The predicted octanol–water partition coefficient (Wildman–Crippen LogP) is 1.45. The number of hydrogen-bond acceptors (Lipinski definition) is 4. The number of rotatable bonds is 4. The zero-order chi connectivity index (χ0) is 12.4. The third kappa shape index (κ3) is 2.49. The molecule has 0 amide bonds. The summed E-state index contributed by atoms with van der Waals surface area (Å²) < 4.78 is 5.14. The first-order valence-electron chi connectivity index (χ1n) is 6.83. The maximum atomic E-state index is 5.14. The highest BCUT2D eigenvalue weighted by Crippen LogP contribution is 2.44. The second kappa shape index (κ2) is 5.24. The zero-order valence-electron chi connectivity index (χ0n) is 10.9. The van der Waals surface area contributed by atoms with E-state index >= 15 is 0 Å². The number of pyridine rings is 1. The summed E-state index contributed by atoms with van der Waals surface area (Å²) in [5.41, 5.74) is 1.35. The van der Waals surface area contributed by atoms with Crippen LogP contribution in [0.2, 0.25) is 0 Å². The molecule has 1 aliphatic heterocycles. The van der Waals surface area contributed by atoms with Crippen LogP contribution in [0.3, 0.4) is 0 Å². The minimum atomic E-state index is 0.561. The first kappa shape index (κ1) is 11.9. The highest BCUT2D eigenvalue weighted by Gasteiger charge is 2.36. The highest BCUT2D eigenvalue weighted by atomic mass is 16.5. The fraction of sp³-hybridized carbons (Fsp3) is 0.643. The van der Waals surface area contributed by atoms with Gasteiger partial charge in [0.05, 0.1) is 7.11 Å².